The van der Waals surface area contributed by atoms with Gasteiger partial charge < -0.3 is 10.7 Å². The summed E-state index contributed by atoms with van der Waals surface area (Å²) in [6.07, 6.45) is 1.20. The molecule has 0 amide bonds. The maximum atomic E-state index is 13.6. The van der Waals surface area contributed by atoms with E-state index in [0.29, 0.717) is 18.7 Å². The smallest absolute Gasteiger partial charge is 0.354 e. The van der Waals surface area contributed by atoms with Gasteiger partial charge in [0.05, 0.1) is 11.3 Å². The van der Waals surface area contributed by atoms with Gasteiger partial charge in [-0.25, -0.2) is 0 Å². The van der Waals surface area contributed by atoms with E-state index in [9.17, 15) is 13.2 Å². The number of benzene rings is 2. The summed E-state index contributed by atoms with van der Waals surface area (Å²) in [6.45, 7) is 2.73. The highest BCUT2D eigenvalue weighted by molar-refractivity contribution is 5.92. The number of hydrogen-bond acceptors (Lipinski definition) is 1. The van der Waals surface area contributed by atoms with Gasteiger partial charge in [-0.1, -0.05) is 37.6 Å². The van der Waals surface area contributed by atoms with Crippen LogP contribution in [0.3, 0.4) is 0 Å². The van der Waals surface area contributed by atoms with Crippen LogP contribution in [0, 0.1) is 0 Å². The van der Waals surface area contributed by atoms with Crippen LogP contribution in [0.5, 0.6) is 0 Å². The zero-order chi connectivity index (χ0) is 20.1. The molecule has 3 rings (SSSR count). The maximum absolute atomic E-state index is 13.6. The molecule has 0 unspecified atom stereocenters. The van der Waals surface area contributed by atoms with E-state index < -0.39 is 11.7 Å². The molecule has 0 bridgehead atoms. The molecule has 0 saturated heterocycles. The average molecular weight is 388 g/mol. The molecule has 0 saturated carbocycles. The van der Waals surface area contributed by atoms with Crippen LogP contribution in [0.15, 0.2) is 42.5 Å². The summed E-state index contributed by atoms with van der Waals surface area (Å²) < 4.78 is 40.8. The quantitative estimate of drug-likeness (QED) is 0.426. The van der Waals surface area contributed by atoms with Crippen molar-refractivity contribution in [3.8, 4) is 11.3 Å². The van der Waals surface area contributed by atoms with E-state index >= 15 is 0 Å². The van der Waals surface area contributed by atoms with E-state index in [1.165, 1.54) is 11.6 Å². The summed E-state index contributed by atoms with van der Waals surface area (Å²) in [4.78, 5) is 3.27. The van der Waals surface area contributed by atoms with Crippen molar-refractivity contribution in [2.24, 2.45) is 5.73 Å². The largest absolute Gasteiger partial charge is 0.417 e. The SMILES string of the molecule is CCCCc1ccc2[nH]c(-c3ccccc3C(F)(F)F)c(CCCCN)c2c1. The van der Waals surface area contributed by atoms with Gasteiger partial charge in [-0.15, -0.1) is 0 Å². The number of aromatic nitrogens is 1. The van der Waals surface area contributed by atoms with Gasteiger partial charge in [-0.3, -0.25) is 0 Å². The zero-order valence-electron chi connectivity index (χ0n) is 16.2. The van der Waals surface area contributed by atoms with E-state index in [2.05, 4.69) is 24.0 Å². The molecular formula is C23H27F3N2. The summed E-state index contributed by atoms with van der Waals surface area (Å²) in [6, 6.07) is 12.0. The summed E-state index contributed by atoms with van der Waals surface area (Å²) in [5.74, 6) is 0. The second kappa shape index (κ2) is 8.82. The van der Waals surface area contributed by atoms with Crippen LogP contribution in [0.25, 0.3) is 22.2 Å². The van der Waals surface area contributed by atoms with Crippen LogP contribution in [-0.4, -0.2) is 11.5 Å². The Morgan fingerprint density at radius 2 is 1.75 bits per heavy atom. The van der Waals surface area contributed by atoms with Gasteiger partial charge in [-0.2, -0.15) is 13.2 Å². The Hall–Kier alpha value is -2.27. The molecule has 0 aliphatic heterocycles. The lowest BCUT2D eigenvalue weighted by atomic mass is 9.96. The lowest BCUT2D eigenvalue weighted by molar-refractivity contribution is -0.137. The number of unbranched alkanes of at least 4 members (excludes halogenated alkanes) is 2. The van der Waals surface area contributed by atoms with Gasteiger partial charge in [0.2, 0.25) is 0 Å². The van der Waals surface area contributed by atoms with Crippen molar-refractivity contribution in [1.29, 1.82) is 0 Å². The molecule has 3 N–H and O–H groups in total. The molecule has 0 aliphatic rings. The highest BCUT2D eigenvalue weighted by atomic mass is 19.4. The van der Waals surface area contributed by atoms with Crippen LogP contribution in [0.2, 0.25) is 0 Å². The number of hydrogen-bond donors (Lipinski definition) is 2. The first-order valence-electron chi connectivity index (χ1n) is 9.95. The molecule has 1 aromatic heterocycles. The highest BCUT2D eigenvalue weighted by Gasteiger charge is 2.34. The molecule has 2 aromatic carbocycles. The number of nitrogens with two attached hydrogens (primary N) is 1. The number of halogens is 3. The van der Waals surface area contributed by atoms with Crippen LogP contribution < -0.4 is 5.73 Å². The van der Waals surface area contributed by atoms with Crippen LogP contribution in [0.1, 0.15) is 49.3 Å². The molecular weight excluding hydrogens is 361 g/mol. The Morgan fingerprint density at radius 1 is 0.964 bits per heavy atom. The Kier molecular flexibility index (Phi) is 6.45. The summed E-state index contributed by atoms with van der Waals surface area (Å²) >= 11 is 0. The number of H-pyrrole nitrogens is 1. The first-order valence-corrected chi connectivity index (χ1v) is 9.95. The van der Waals surface area contributed by atoms with Gasteiger partial charge in [0.25, 0.3) is 0 Å². The van der Waals surface area contributed by atoms with Crippen LogP contribution in [-0.2, 0) is 19.0 Å². The minimum Gasteiger partial charge on any atom is -0.354 e. The summed E-state index contributed by atoms with van der Waals surface area (Å²) in [7, 11) is 0. The fraction of sp³-hybridized carbons (Fsp3) is 0.391. The third-order valence-corrected chi connectivity index (χ3v) is 5.17. The lowest BCUT2D eigenvalue weighted by Crippen LogP contribution is -2.07. The fourth-order valence-electron chi connectivity index (χ4n) is 3.72. The van der Waals surface area contributed by atoms with Crippen molar-refractivity contribution in [2.45, 2.75) is 51.6 Å². The van der Waals surface area contributed by atoms with E-state index in [4.69, 9.17) is 5.73 Å². The van der Waals surface area contributed by atoms with E-state index in [-0.39, 0.29) is 5.56 Å². The molecule has 0 spiro atoms. The highest BCUT2D eigenvalue weighted by Crippen LogP contribution is 2.40. The molecule has 28 heavy (non-hydrogen) atoms. The minimum absolute atomic E-state index is 0.212. The van der Waals surface area contributed by atoms with Crippen molar-refractivity contribution in [3.63, 3.8) is 0 Å². The lowest BCUT2D eigenvalue weighted by Gasteiger charge is -2.13. The normalized spacial score (nSPS) is 12.0. The fourth-order valence-corrected chi connectivity index (χ4v) is 3.72. The molecule has 150 valence electrons. The molecule has 0 aliphatic carbocycles. The molecule has 1 heterocycles. The third kappa shape index (κ3) is 4.41. The van der Waals surface area contributed by atoms with E-state index in [1.54, 1.807) is 12.1 Å². The zero-order valence-corrected chi connectivity index (χ0v) is 16.2. The minimum atomic E-state index is -4.39. The number of aryl methyl sites for hydroxylation is 2. The Balaban J connectivity index is 2.15. The first kappa shape index (κ1) is 20.5. The molecule has 0 fully saturated rings. The predicted molar refractivity (Wildman–Crippen MR) is 109 cm³/mol. The number of aromatic amines is 1. The third-order valence-electron chi connectivity index (χ3n) is 5.17. The predicted octanol–water partition coefficient (Wildman–Crippen LogP) is 6.48. The molecule has 2 nitrogen and oxygen atoms in total. The second-order valence-electron chi connectivity index (χ2n) is 7.25. The van der Waals surface area contributed by atoms with Crippen molar-refractivity contribution in [3.05, 3.63) is 59.2 Å². The van der Waals surface area contributed by atoms with Crippen molar-refractivity contribution >= 4 is 10.9 Å². The standard InChI is InChI=1S/C23H27F3N2/c1-2-3-8-16-12-13-21-19(15-16)17(9-6-7-14-27)22(28-21)18-10-4-5-11-20(18)23(24,25)26/h4-5,10-13,15,28H,2-3,6-9,14,27H2,1H3. The van der Waals surface area contributed by atoms with Gasteiger partial charge in [0.15, 0.2) is 0 Å². The Morgan fingerprint density at radius 3 is 2.46 bits per heavy atom. The number of nitrogens with one attached hydrogen (secondary N) is 1. The van der Waals surface area contributed by atoms with E-state index in [1.807, 2.05) is 6.07 Å². The van der Waals surface area contributed by atoms with Crippen molar-refractivity contribution in [1.82, 2.24) is 4.98 Å². The summed E-state index contributed by atoms with van der Waals surface area (Å²) in [5.41, 5.74) is 8.89. The second-order valence-corrected chi connectivity index (χ2v) is 7.25. The number of alkyl halides is 3. The topological polar surface area (TPSA) is 41.8 Å². The van der Waals surface area contributed by atoms with Gasteiger partial charge in [0.1, 0.15) is 0 Å². The van der Waals surface area contributed by atoms with Crippen LogP contribution >= 0.6 is 0 Å². The molecule has 0 atom stereocenters. The van der Waals surface area contributed by atoms with Crippen molar-refractivity contribution < 1.29 is 13.2 Å². The molecule has 5 heteroatoms. The number of rotatable bonds is 8. The summed E-state index contributed by atoms with van der Waals surface area (Å²) in [5, 5.41) is 1.03. The maximum Gasteiger partial charge on any atom is 0.417 e. The number of fused-ring (bicyclic) bond motifs is 1. The van der Waals surface area contributed by atoms with E-state index in [0.717, 1.165) is 54.6 Å². The first-order chi connectivity index (χ1) is 13.5. The van der Waals surface area contributed by atoms with Crippen LogP contribution in [0.4, 0.5) is 13.2 Å². The Bertz CT molecular complexity index is 925. The van der Waals surface area contributed by atoms with Gasteiger partial charge in [-0.05, 0) is 68.0 Å². The van der Waals surface area contributed by atoms with Gasteiger partial charge >= 0.3 is 6.18 Å². The van der Waals surface area contributed by atoms with Crippen molar-refractivity contribution in [2.75, 3.05) is 6.54 Å². The average Bonchev–Trinajstić information content (AvgIpc) is 3.04. The Labute approximate surface area is 164 Å². The van der Waals surface area contributed by atoms with Gasteiger partial charge in [0, 0.05) is 16.5 Å². The monoisotopic (exact) mass is 388 g/mol. The molecule has 0 radical (unpaired) electrons. The molecule has 3 aromatic rings.